The molecule has 3 aromatic rings. The van der Waals surface area contributed by atoms with Gasteiger partial charge in [0, 0.05) is 41.5 Å². The highest BCUT2D eigenvalue weighted by Gasteiger charge is 2.22. The van der Waals surface area contributed by atoms with Crippen LogP contribution in [0.25, 0.3) is 20.7 Å². The minimum absolute atomic E-state index is 0.0968. The van der Waals surface area contributed by atoms with Gasteiger partial charge in [0.1, 0.15) is 10.5 Å². The second-order valence-electron chi connectivity index (χ2n) is 6.18. The highest BCUT2D eigenvalue weighted by Crippen LogP contribution is 2.34. The first kappa shape index (κ1) is 15.7. The van der Waals surface area contributed by atoms with Crippen LogP contribution in [0.1, 0.15) is 10.5 Å². The third-order valence-corrected chi connectivity index (χ3v) is 5.83. The largest absolute Gasteiger partial charge is 0.342 e. The van der Waals surface area contributed by atoms with Crippen LogP contribution in [0.4, 0.5) is 0 Å². The Hall–Kier alpha value is -1.82. The van der Waals surface area contributed by atoms with E-state index in [0.29, 0.717) is 5.69 Å². The van der Waals surface area contributed by atoms with Gasteiger partial charge in [-0.1, -0.05) is 23.7 Å². The van der Waals surface area contributed by atoms with Crippen LogP contribution in [0.2, 0.25) is 5.02 Å². The van der Waals surface area contributed by atoms with Gasteiger partial charge in [-0.25, -0.2) is 0 Å². The second-order valence-corrected chi connectivity index (χ2v) is 7.67. The number of aromatic nitrogens is 1. The van der Waals surface area contributed by atoms with Crippen LogP contribution in [0, 0.1) is 0 Å². The summed E-state index contributed by atoms with van der Waals surface area (Å²) in [5.74, 6) is 0.0968. The number of nitrogens with one attached hydrogen (secondary N) is 1. The highest BCUT2D eigenvalue weighted by atomic mass is 35.5. The molecular formula is C18H18ClN3OS. The maximum absolute atomic E-state index is 12.6. The number of halogens is 1. The standard InChI is InChI=1S/C18H18ClN3OS/c1-21-6-8-22(9-7-21)18(23)15-10-13-11-16(24-17(13)20-15)12-2-4-14(19)5-3-12/h2-5,10-11,20H,6-9H2,1H3. The lowest BCUT2D eigenvalue weighted by Gasteiger charge is -2.32. The van der Waals surface area contributed by atoms with Crippen LogP contribution < -0.4 is 0 Å². The van der Waals surface area contributed by atoms with E-state index in [1.807, 2.05) is 35.2 Å². The van der Waals surface area contributed by atoms with Crippen molar-refractivity contribution in [3.63, 3.8) is 0 Å². The quantitative estimate of drug-likeness (QED) is 0.752. The van der Waals surface area contributed by atoms with Crippen molar-refractivity contribution >= 4 is 39.1 Å². The van der Waals surface area contributed by atoms with E-state index in [2.05, 4.69) is 23.0 Å². The van der Waals surface area contributed by atoms with Gasteiger partial charge in [-0.2, -0.15) is 0 Å². The fraction of sp³-hybridized carbons (Fsp3) is 0.278. The van der Waals surface area contributed by atoms with E-state index in [9.17, 15) is 4.79 Å². The van der Waals surface area contributed by atoms with Gasteiger partial charge in [0.2, 0.25) is 0 Å². The number of aromatic amines is 1. The molecule has 0 aliphatic carbocycles. The topological polar surface area (TPSA) is 39.3 Å². The van der Waals surface area contributed by atoms with E-state index in [4.69, 9.17) is 11.6 Å². The number of likely N-dealkylation sites (N-methyl/N-ethyl adjacent to an activating group) is 1. The van der Waals surface area contributed by atoms with Gasteiger partial charge in [-0.15, -0.1) is 11.3 Å². The number of piperazine rings is 1. The Bertz CT molecular complexity index is 844. The molecule has 1 aliphatic rings. The molecule has 1 N–H and O–H groups in total. The molecule has 3 heterocycles. The average molecular weight is 360 g/mol. The highest BCUT2D eigenvalue weighted by molar-refractivity contribution is 7.21. The fourth-order valence-corrected chi connectivity index (χ4v) is 4.16. The minimum Gasteiger partial charge on any atom is -0.342 e. The van der Waals surface area contributed by atoms with Gasteiger partial charge in [-0.3, -0.25) is 4.79 Å². The normalized spacial score (nSPS) is 16.0. The van der Waals surface area contributed by atoms with Gasteiger partial charge < -0.3 is 14.8 Å². The first-order valence-electron chi connectivity index (χ1n) is 7.96. The van der Waals surface area contributed by atoms with Gasteiger partial charge in [0.05, 0.1) is 0 Å². The van der Waals surface area contributed by atoms with Crippen LogP contribution in [0.15, 0.2) is 36.4 Å². The summed E-state index contributed by atoms with van der Waals surface area (Å²) >= 11 is 7.61. The third-order valence-electron chi connectivity index (χ3n) is 4.46. The van der Waals surface area contributed by atoms with E-state index >= 15 is 0 Å². The van der Waals surface area contributed by atoms with Crippen molar-refractivity contribution in [3.05, 3.63) is 47.1 Å². The van der Waals surface area contributed by atoms with Crippen molar-refractivity contribution in [2.24, 2.45) is 0 Å². The summed E-state index contributed by atoms with van der Waals surface area (Å²) in [6.07, 6.45) is 0. The molecule has 6 heteroatoms. The molecule has 1 aromatic carbocycles. The van der Waals surface area contributed by atoms with Crippen molar-refractivity contribution in [1.29, 1.82) is 0 Å². The number of carbonyl (C=O) groups excluding carboxylic acids is 1. The number of hydrogen-bond donors (Lipinski definition) is 1. The maximum atomic E-state index is 12.6. The molecule has 2 aromatic heterocycles. The molecule has 4 nitrogen and oxygen atoms in total. The number of nitrogens with zero attached hydrogens (tertiary/aromatic N) is 2. The zero-order valence-electron chi connectivity index (χ0n) is 13.4. The molecule has 0 saturated carbocycles. The van der Waals surface area contributed by atoms with Crippen LogP contribution in [-0.2, 0) is 0 Å². The molecule has 0 radical (unpaired) electrons. The van der Waals surface area contributed by atoms with E-state index in [1.165, 1.54) is 4.88 Å². The average Bonchev–Trinajstić information content (AvgIpc) is 3.14. The number of hydrogen-bond acceptors (Lipinski definition) is 3. The lowest BCUT2D eigenvalue weighted by Crippen LogP contribution is -2.47. The number of fused-ring (bicyclic) bond motifs is 1. The van der Waals surface area contributed by atoms with Crippen molar-refractivity contribution in [2.45, 2.75) is 0 Å². The summed E-state index contributed by atoms with van der Waals surface area (Å²) in [7, 11) is 2.09. The number of amides is 1. The molecule has 0 unspecified atom stereocenters. The Labute approximate surface area is 149 Å². The van der Waals surface area contributed by atoms with Gasteiger partial charge in [-0.05, 0) is 36.9 Å². The van der Waals surface area contributed by atoms with Crippen molar-refractivity contribution in [3.8, 4) is 10.4 Å². The van der Waals surface area contributed by atoms with Crippen LogP contribution >= 0.6 is 22.9 Å². The molecule has 4 rings (SSSR count). The first-order valence-corrected chi connectivity index (χ1v) is 9.16. The fourth-order valence-electron chi connectivity index (χ4n) is 2.98. The van der Waals surface area contributed by atoms with E-state index in [1.54, 1.807) is 11.3 Å². The van der Waals surface area contributed by atoms with Gasteiger partial charge in [0.15, 0.2) is 0 Å². The van der Waals surface area contributed by atoms with E-state index in [-0.39, 0.29) is 5.91 Å². The molecule has 1 amide bonds. The molecule has 0 atom stereocenters. The summed E-state index contributed by atoms with van der Waals surface area (Å²) in [5, 5.41) is 1.82. The second kappa shape index (κ2) is 6.24. The van der Waals surface area contributed by atoms with Crippen molar-refractivity contribution < 1.29 is 4.79 Å². The number of benzene rings is 1. The summed E-state index contributed by atoms with van der Waals surface area (Å²) in [6, 6.07) is 11.9. The Kier molecular flexibility index (Phi) is 4.08. The summed E-state index contributed by atoms with van der Waals surface area (Å²) in [4.78, 5) is 22.3. The maximum Gasteiger partial charge on any atom is 0.270 e. The molecule has 24 heavy (non-hydrogen) atoms. The van der Waals surface area contributed by atoms with Gasteiger partial charge in [0.25, 0.3) is 5.91 Å². The summed E-state index contributed by atoms with van der Waals surface area (Å²) in [6.45, 7) is 3.44. The zero-order valence-corrected chi connectivity index (χ0v) is 15.0. The molecule has 1 aliphatic heterocycles. The lowest BCUT2D eigenvalue weighted by molar-refractivity contribution is 0.0659. The Morgan fingerprint density at radius 2 is 1.83 bits per heavy atom. The van der Waals surface area contributed by atoms with Crippen LogP contribution in [0.5, 0.6) is 0 Å². The molecule has 1 saturated heterocycles. The SMILES string of the molecule is CN1CCN(C(=O)c2cc3cc(-c4ccc(Cl)cc4)sc3[nH]2)CC1. The lowest BCUT2D eigenvalue weighted by atomic mass is 10.2. The Morgan fingerprint density at radius 1 is 1.12 bits per heavy atom. The van der Waals surface area contributed by atoms with Crippen molar-refractivity contribution in [2.75, 3.05) is 33.2 Å². The number of thiophene rings is 1. The minimum atomic E-state index is 0.0968. The Balaban J connectivity index is 1.57. The molecule has 124 valence electrons. The summed E-state index contributed by atoms with van der Waals surface area (Å²) in [5.41, 5.74) is 1.82. The van der Waals surface area contributed by atoms with E-state index < -0.39 is 0 Å². The van der Waals surface area contributed by atoms with Crippen LogP contribution in [0.3, 0.4) is 0 Å². The number of H-pyrrole nitrogens is 1. The molecular weight excluding hydrogens is 342 g/mol. The van der Waals surface area contributed by atoms with E-state index in [0.717, 1.165) is 47.0 Å². The predicted octanol–water partition coefficient (Wildman–Crippen LogP) is 3.94. The number of carbonyl (C=O) groups is 1. The molecule has 1 fully saturated rings. The third kappa shape index (κ3) is 2.95. The zero-order chi connectivity index (χ0) is 16.7. The Morgan fingerprint density at radius 3 is 2.50 bits per heavy atom. The molecule has 0 spiro atoms. The number of rotatable bonds is 2. The predicted molar refractivity (Wildman–Crippen MR) is 100 cm³/mol. The summed E-state index contributed by atoms with van der Waals surface area (Å²) < 4.78 is 0. The first-order chi connectivity index (χ1) is 11.6. The molecule has 0 bridgehead atoms. The smallest absolute Gasteiger partial charge is 0.270 e. The van der Waals surface area contributed by atoms with Gasteiger partial charge >= 0.3 is 0 Å². The van der Waals surface area contributed by atoms with Crippen LogP contribution in [-0.4, -0.2) is 53.9 Å². The van der Waals surface area contributed by atoms with Crippen molar-refractivity contribution in [1.82, 2.24) is 14.8 Å². The monoisotopic (exact) mass is 359 g/mol.